The molecule has 2 N–H and O–H groups in total. The summed E-state index contributed by atoms with van der Waals surface area (Å²) in [6.07, 6.45) is 3.86. The van der Waals surface area contributed by atoms with E-state index in [1.54, 1.807) is 6.20 Å². The first-order chi connectivity index (χ1) is 19.3. The molecule has 0 fully saturated rings. The Morgan fingerprint density at radius 1 is 0.925 bits per heavy atom. The molecule has 3 aromatic carbocycles. The largest absolute Gasteiger partial charge is 0.493 e. The number of aromatic carboxylic acids is 1. The molecular weight excluding hydrogens is 528 g/mol. The van der Waals surface area contributed by atoms with Gasteiger partial charge in [0.2, 0.25) is 5.91 Å². The highest BCUT2D eigenvalue weighted by atomic mass is 32.2. The van der Waals surface area contributed by atoms with Crippen molar-refractivity contribution in [1.82, 2.24) is 4.98 Å². The third kappa shape index (κ3) is 7.04. The second-order valence-corrected chi connectivity index (χ2v) is 10.2. The molecule has 4 aromatic rings. The number of hydrogen-bond donors (Lipinski definition) is 2. The molecule has 8 nitrogen and oxygen atoms in total. The van der Waals surface area contributed by atoms with Crippen molar-refractivity contribution in [3.8, 4) is 17.2 Å². The van der Waals surface area contributed by atoms with Crippen molar-refractivity contribution in [2.24, 2.45) is 0 Å². The molecule has 0 saturated carbocycles. The van der Waals surface area contributed by atoms with Gasteiger partial charge in [-0.1, -0.05) is 43.8 Å². The van der Waals surface area contributed by atoms with Crippen LogP contribution in [0.25, 0.3) is 10.8 Å². The van der Waals surface area contributed by atoms with Gasteiger partial charge in [-0.05, 0) is 59.5 Å². The first-order valence-corrected chi connectivity index (χ1v) is 13.8. The molecule has 0 aliphatic rings. The Hall–Kier alpha value is -4.24. The zero-order valence-electron chi connectivity index (χ0n) is 22.9. The Morgan fingerprint density at radius 2 is 1.62 bits per heavy atom. The summed E-state index contributed by atoms with van der Waals surface area (Å²) in [6.45, 7) is 4.26. The van der Waals surface area contributed by atoms with Crippen molar-refractivity contribution in [2.45, 2.75) is 49.1 Å². The molecule has 40 heavy (non-hydrogen) atoms. The van der Waals surface area contributed by atoms with E-state index in [0.717, 1.165) is 39.3 Å². The van der Waals surface area contributed by atoms with E-state index in [9.17, 15) is 14.7 Å². The van der Waals surface area contributed by atoms with Crippen molar-refractivity contribution in [2.75, 3.05) is 19.5 Å². The Morgan fingerprint density at radius 3 is 2.27 bits per heavy atom. The van der Waals surface area contributed by atoms with E-state index in [1.165, 1.54) is 38.1 Å². The predicted octanol–water partition coefficient (Wildman–Crippen LogP) is 6.85. The average Bonchev–Trinajstić information content (AvgIpc) is 2.96. The van der Waals surface area contributed by atoms with Crippen LogP contribution in [0, 0.1) is 0 Å². The normalized spacial score (nSPS) is 10.9. The number of rotatable bonds is 12. The van der Waals surface area contributed by atoms with Gasteiger partial charge in [0.25, 0.3) is 0 Å². The Bertz CT molecular complexity index is 1500. The van der Waals surface area contributed by atoms with Gasteiger partial charge in [0, 0.05) is 23.2 Å². The van der Waals surface area contributed by atoms with Gasteiger partial charge in [0.1, 0.15) is 10.8 Å². The van der Waals surface area contributed by atoms with E-state index in [1.807, 2.05) is 18.2 Å². The minimum Gasteiger partial charge on any atom is -0.493 e. The lowest BCUT2D eigenvalue weighted by molar-refractivity contribution is -0.115. The monoisotopic (exact) mass is 560 g/mol. The quantitative estimate of drug-likeness (QED) is 0.194. The maximum absolute atomic E-state index is 12.7. The lowest BCUT2D eigenvalue weighted by Crippen LogP contribution is -2.17. The number of benzene rings is 3. The number of carbonyl (C=O) groups is 2. The number of amides is 1. The molecule has 208 valence electrons. The van der Waals surface area contributed by atoms with Crippen molar-refractivity contribution in [3.05, 3.63) is 78.0 Å². The molecule has 1 aromatic heterocycles. The number of ether oxygens (including phenoxy) is 3. The highest BCUT2D eigenvalue weighted by molar-refractivity contribution is 7.99. The molecule has 0 aliphatic heterocycles. The summed E-state index contributed by atoms with van der Waals surface area (Å²) in [7, 11) is 2.85. The summed E-state index contributed by atoms with van der Waals surface area (Å²) < 4.78 is 16.5. The Kier molecular flexibility index (Phi) is 9.50. The summed E-state index contributed by atoms with van der Waals surface area (Å²) >= 11 is 1.53. The number of pyridine rings is 1. The first-order valence-electron chi connectivity index (χ1n) is 13.0. The standard InChI is InChI=1S/C31H32N2O6S/c1-5-22(6-2)39-23-10-8-21-15-24(11-9-20(21)14-23)40-30-12-7-19(18-32-30)13-29(34)33-26-17-28(38-4)27(37-3)16-25(26)31(35)36/h7-12,14-18,22H,5-6,13H2,1-4H3,(H,33,34)(H,35,36). The molecule has 0 spiro atoms. The molecule has 0 aliphatic carbocycles. The SMILES string of the molecule is CCC(CC)Oc1ccc2cc(Sc3ccc(CC(=O)Nc4cc(OC)c(OC)cc4C(=O)O)cn3)ccc2c1. The molecule has 4 rings (SSSR count). The second kappa shape index (κ2) is 13.2. The van der Waals surface area contributed by atoms with Crippen LogP contribution in [-0.4, -0.2) is 42.3 Å². The molecule has 0 bridgehead atoms. The molecule has 1 amide bonds. The fraction of sp³-hybridized carbons (Fsp3) is 0.258. The minimum absolute atomic E-state index is 0.0304. The number of carboxylic acid groups (broad SMARTS) is 1. The van der Waals surface area contributed by atoms with E-state index in [2.05, 4.69) is 54.5 Å². The van der Waals surface area contributed by atoms with Crippen LogP contribution < -0.4 is 19.5 Å². The van der Waals surface area contributed by atoms with Crippen molar-refractivity contribution >= 4 is 40.1 Å². The number of nitrogens with one attached hydrogen (secondary N) is 1. The van der Waals surface area contributed by atoms with Crippen molar-refractivity contribution in [1.29, 1.82) is 0 Å². The lowest BCUT2D eigenvalue weighted by atomic mass is 10.1. The van der Waals surface area contributed by atoms with E-state index >= 15 is 0 Å². The number of aromatic nitrogens is 1. The van der Waals surface area contributed by atoms with Crippen LogP contribution in [0.1, 0.15) is 42.6 Å². The van der Waals surface area contributed by atoms with Crippen LogP contribution in [0.15, 0.2) is 76.8 Å². The van der Waals surface area contributed by atoms with Gasteiger partial charge in [-0.3, -0.25) is 4.79 Å². The lowest BCUT2D eigenvalue weighted by Gasteiger charge is -2.16. The number of hydrogen-bond acceptors (Lipinski definition) is 7. The smallest absolute Gasteiger partial charge is 0.337 e. The van der Waals surface area contributed by atoms with Crippen LogP contribution in [-0.2, 0) is 11.2 Å². The topological polar surface area (TPSA) is 107 Å². The number of carboxylic acids is 1. The Labute approximate surface area is 237 Å². The fourth-order valence-electron chi connectivity index (χ4n) is 4.22. The molecule has 9 heteroatoms. The first kappa shape index (κ1) is 28.8. The van der Waals surface area contributed by atoms with Gasteiger partial charge in [0.15, 0.2) is 11.5 Å². The molecule has 1 heterocycles. The van der Waals surface area contributed by atoms with Gasteiger partial charge >= 0.3 is 5.97 Å². The van der Waals surface area contributed by atoms with Gasteiger partial charge in [-0.15, -0.1) is 0 Å². The highest BCUT2D eigenvalue weighted by Gasteiger charge is 2.18. The van der Waals surface area contributed by atoms with Gasteiger partial charge < -0.3 is 24.6 Å². The van der Waals surface area contributed by atoms with E-state index < -0.39 is 5.97 Å². The third-order valence-electron chi connectivity index (χ3n) is 6.41. The maximum atomic E-state index is 12.7. The molecular formula is C31H32N2O6S. The number of fused-ring (bicyclic) bond motifs is 1. The summed E-state index contributed by atoms with van der Waals surface area (Å²) in [4.78, 5) is 30.0. The summed E-state index contributed by atoms with van der Waals surface area (Å²) in [5.74, 6) is -0.108. The number of anilines is 1. The fourth-order valence-corrected chi connectivity index (χ4v) is 5.03. The molecule has 0 saturated heterocycles. The van der Waals surface area contributed by atoms with Crippen molar-refractivity contribution < 1.29 is 28.9 Å². The van der Waals surface area contributed by atoms with E-state index in [0.29, 0.717) is 11.3 Å². The maximum Gasteiger partial charge on any atom is 0.337 e. The zero-order valence-corrected chi connectivity index (χ0v) is 23.7. The molecule has 0 radical (unpaired) electrons. The van der Waals surface area contributed by atoms with E-state index in [4.69, 9.17) is 14.2 Å². The van der Waals surface area contributed by atoms with Crippen LogP contribution >= 0.6 is 11.8 Å². The number of nitrogens with zero attached hydrogens (tertiary/aromatic N) is 1. The van der Waals surface area contributed by atoms with Crippen molar-refractivity contribution in [3.63, 3.8) is 0 Å². The van der Waals surface area contributed by atoms with Crippen LogP contribution in [0.5, 0.6) is 17.2 Å². The average molecular weight is 561 g/mol. The second-order valence-electron chi connectivity index (χ2n) is 9.12. The molecule has 0 unspecified atom stereocenters. The third-order valence-corrected chi connectivity index (χ3v) is 7.35. The van der Waals surface area contributed by atoms with E-state index in [-0.39, 0.29) is 35.4 Å². The van der Waals surface area contributed by atoms with Gasteiger partial charge in [-0.25, -0.2) is 9.78 Å². The van der Waals surface area contributed by atoms with Crippen LogP contribution in [0.3, 0.4) is 0 Å². The predicted molar refractivity (Wildman–Crippen MR) is 156 cm³/mol. The van der Waals surface area contributed by atoms with Crippen LogP contribution in [0.4, 0.5) is 5.69 Å². The summed E-state index contributed by atoms with van der Waals surface area (Å²) in [5.41, 5.74) is 0.727. The van der Waals surface area contributed by atoms with Crippen LogP contribution in [0.2, 0.25) is 0 Å². The van der Waals surface area contributed by atoms with Gasteiger partial charge in [-0.2, -0.15) is 0 Å². The summed E-state index contributed by atoms with van der Waals surface area (Å²) in [6, 6.07) is 18.9. The number of methoxy groups -OCH3 is 2. The number of carbonyl (C=O) groups excluding carboxylic acids is 1. The highest BCUT2D eigenvalue weighted by Crippen LogP contribution is 2.34. The minimum atomic E-state index is -1.19. The summed E-state index contributed by atoms with van der Waals surface area (Å²) in [5, 5.41) is 15.2. The molecule has 0 atom stereocenters. The Balaban J connectivity index is 1.40. The zero-order chi connectivity index (χ0) is 28.6. The van der Waals surface area contributed by atoms with Gasteiger partial charge in [0.05, 0.1) is 38.0 Å².